The smallest absolute Gasteiger partial charge is 0.251 e. The highest BCUT2D eigenvalue weighted by atomic mass is 16.5. The molecule has 1 fully saturated rings. The molecule has 1 saturated carbocycles. The van der Waals surface area contributed by atoms with Crippen LogP contribution in [0.4, 0.5) is 5.69 Å². The van der Waals surface area contributed by atoms with Crippen molar-refractivity contribution in [3.8, 4) is 5.75 Å². The first-order valence-electron chi connectivity index (χ1n) is 6.34. The molecule has 0 aromatic heterocycles. The molecule has 1 aromatic carbocycles. The van der Waals surface area contributed by atoms with E-state index in [2.05, 4.69) is 5.32 Å². The summed E-state index contributed by atoms with van der Waals surface area (Å²) >= 11 is 0. The Balaban J connectivity index is 1.97. The molecule has 1 unspecified atom stereocenters. The van der Waals surface area contributed by atoms with Gasteiger partial charge in [-0.15, -0.1) is 0 Å². The van der Waals surface area contributed by atoms with E-state index in [1.165, 1.54) is 12.8 Å². The third kappa shape index (κ3) is 3.15. The lowest BCUT2D eigenvalue weighted by molar-refractivity contribution is 0.0937. The molecule has 1 amide bonds. The quantitative estimate of drug-likeness (QED) is 0.785. The average Bonchev–Trinajstić information content (AvgIpc) is 3.12. The van der Waals surface area contributed by atoms with Crippen molar-refractivity contribution >= 4 is 11.6 Å². The Kier molecular flexibility index (Phi) is 3.75. The molecular formula is C14H20N2O2. The lowest BCUT2D eigenvalue weighted by atomic mass is 10.1. The largest absolute Gasteiger partial charge is 0.495 e. The monoisotopic (exact) mass is 248 g/mol. The predicted molar refractivity (Wildman–Crippen MR) is 71.7 cm³/mol. The van der Waals surface area contributed by atoms with Crippen molar-refractivity contribution in [1.82, 2.24) is 5.32 Å². The van der Waals surface area contributed by atoms with Gasteiger partial charge in [0, 0.05) is 11.6 Å². The van der Waals surface area contributed by atoms with Gasteiger partial charge >= 0.3 is 0 Å². The minimum absolute atomic E-state index is 0.0718. The molecule has 0 heterocycles. The first kappa shape index (κ1) is 12.7. The van der Waals surface area contributed by atoms with E-state index in [0.717, 1.165) is 12.3 Å². The summed E-state index contributed by atoms with van der Waals surface area (Å²) in [5.74, 6) is 1.33. The van der Waals surface area contributed by atoms with Crippen molar-refractivity contribution in [2.45, 2.75) is 32.2 Å². The van der Waals surface area contributed by atoms with Crippen LogP contribution in [0.1, 0.15) is 36.5 Å². The summed E-state index contributed by atoms with van der Waals surface area (Å²) in [6.07, 6.45) is 3.67. The lowest BCUT2D eigenvalue weighted by Gasteiger charge is -2.14. The minimum Gasteiger partial charge on any atom is -0.495 e. The van der Waals surface area contributed by atoms with Crippen LogP contribution in [-0.4, -0.2) is 19.1 Å². The molecule has 1 atom stereocenters. The topological polar surface area (TPSA) is 64.3 Å². The molecule has 18 heavy (non-hydrogen) atoms. The number of amides is 1. The van der Waals surface area contributed by atoms with Gasteiger partial charge in [0.25, 0.3) is 5.91 Å². The molecule has 0 saturated heterocycles. The summed E-state index contributed by atoms with van der Waals surface area (Å²) in [7, 11) is 1.56. The number of carbonyl (C=O) groups excluding carboxylic acids is 1. The van der Waals surface area contributed by atoms with E-state index in [1.807, 2.05) is 6.92 Å². The van der Waals surface area contributed by atoms with E-state index in [4.69, 9.17) is 10.5 Å². The van der Waals surface area contributed by atoms with E-state index in [9.17, 15) is 4.79 Å². The van der Waals surface area contributed by atoms with Crippen LogP contribution >= 0.6 is 0 Å². The van der Waals surface area contributed by atoms with Gasteiger partial charge in [-0.25, -0.2) is 0 Å². The molecule has 3 N–H and O–H groups in total. The summed E-state index contributed by atoms with van der Waals surface area (Å²) in [5.41, 5.74) is 6.85. The lowest BCUT2D eigenvalue weighted by Crippen LogP contribution is -2.32. The van der Waals surface area contributed by atoms with Gasteiger partial charge in [0.2, 0.25) is 0 Å². The molecule has 98 valence electrons. The van der Waals surface area contributed by atoms with Crippen molar-refractivity contribution in [3.05, 3.63) is 23.8 Å². The SMILES string of the molecule is COc1ccc(C(=O)NC(C)CC2CC2)cc1N. The fourth-order valence-corrected chi connectivity index (χ4v) is 2.10. The molecule has 0 aliphatic heterocycles. The standard InChI is InChI=1S/C14H20N2O2/c1-9(7-10-3-4-10)16-14(17)11-5-6-13(18-2)12(15)8-11/h5-6,8-10H,3-4,7,15H2,1-2H3,(H,16,17). The third-order valence-electron chi connectivity index (χ3n) is 3.25. The second-order valence-electron chi connectivity index (χ2n) is 5.01. The zero-order valence-electron chi connectivity index (χ0n) is 10.9. The number of rotatable bonds is 5. The Morgan fingerprint density at radius 1 is 1.56 bits per heavy atom. The number of nitrogens with two attached hydrogens (primary N) is 1. The molecule has 1 aliphatic rings. The Morgan fingerprint density at radius 2 is 2.28 bits per heavy atom. The normalized spacial score (nSPS) is 16.1. The molecule has 0 spiro atoms. The van der Waals surface area contributed by atoms with E-state index >= 15 is 0 Å². The van der Waals surface area contributed by atoms with Crippen LogP contribution in [0.2, 0.25) is 0 Å². The van der Waals surface area contributed by atoms with Crippen LogP contribution in [0.15, 0.2) is 18.2 Å². The number of nitrogen functional groups attached to an aromatic ring is 1. The van der Waals surface area contributed by atoms with Gasteiger partial charge in [0.1, 0.15) is 5.75 Å². The van der Waals surface area contributed by atoms with Crippen LogP contribution in [-0.2, 0) is 0 Å². The molecule has 0 radical (unpaired) electrons. The van der Waals surface area contributed by atoms with Gasteiger partial charge < -0.3 is 15.8 Å². The van der Waals surface area contributed by atoms with Crippen molar-refractivity contribution < 1.29 is 9.53 Å². The molecular weight excluding hydrogens is 228 g/mol. The maximum absolute atomic E-state index is 12.0. The van der Waals surface area contributed by atoms with Gasteiger partial charge in [0.05, 0.1) is 12.8 Å². The molecule has 4 nitrogen and oxygen atoms in total. The number of benzene rings is 1. The zero-order chi connectivity index (χ0) is 13.1. The average molecular weight is 248 g/mol. The van der Waals surface area contributed by atoms with Crippen molar-refractivity contribution in [2.24, 2.45) is 5.92 Å². The summed E-state index contributed by atoms with van der Waals surface area (Å²) in [6, 6.07) is 5.32. The Labute approximate surface area is 108 Å². The van der Waals surface area contributed by atoms with Gasteiger partial charge in [0.15, 0.2) is 0 Å². The van der Waals surface area contributed by atoms with Crippen LogP contribution in [0.5, 0.6) is 5.75 Å². The van der Waals surface area contributed by atoms with Crippen LogP contribution in [0, 0.1) is 5.92 Å². The number of anilines is 1. The number of hydrogen-bond donors (Lipinski definition) is 2. The fraction of sp³-hybridized carbons (Fsp3) is 0.500. The van der Waals surface area contributed by atoms with Crippen LogP contribution in [0.3, 0.4) is 0 Å². The Bertz CT molecular complexity index is 441. The number of nitrogens with one attached hydrogen (secondary N) is 1. The molecule has 0 bridgehead atoms. The van der Waals surface area contributed by atoms with E-state index in [0.29, 0.717) is 17.0 Å². The Morgan fingerprint density at radius 3 is 2.83 bits per heavy atom. The highest BCUT2D eigenvalue weighted by Gasteiger charge is 2.24. The van der Waals surface area contributed by atoms with Crippen molar-refractivity contribution in [1.29, 1.82) is 0 Å². The fourth-order valence-electron chi connectivity index (χ4n) is 2.10. The minimum atomic E-state index is -0.0718. The maximum Gasteiger partial charge on any atom is 0.251 e. The summed E-state index contributed by atoms with van der Waals surface area (Å²) < 4.78 is 5.06. The van der Waals surface area contributed by atoms with E-state index < -0.39 is 0 Å². The molecule has 1 aromatic rings. The van der Waals surface area contributed by atoms with Gasteiger partial charge in [-0.05, 0) is 37.5 Å². The second kappa shape index (κ2) is 5.29. The van der Waals surface area contributed by atoms with Crippen molar-refractivity contribution in [2.75, 3.05) is 12.8 Å². The van der Waals surface area contributed by atoms with Crippen molar-refractivity contribution in [3.63, 3.8) is 0 Å². The number of ether oxygens (including phenoxy) is 1. The van der Waals surface area contributed by atoms with E-state index in [-0.39, 0.29) is 11.9 Å². The number of hydrogen-bond acceptors (Lipinski definition) is 3. The number of methoxy groups -OCH3 is 1. The summed E-state index contributed by atoms with van der Waals surface area (Å²) in [4.78, 5) is 12.0. The Hall–Kier alpha value is -1.71. The van der Waals surface area contributed by atoms with Crippen LogP contribution in [0.25, 0.3) is 0 Å². The summed E-state index contributed by atoms with van der Waals surface area (Å²) in [5, 5.41) is 3.00. The van der Waals surface area contributed by atoms with E-state index in [1.54, 1.807) is 25.3 Å². The third-order valence-corrected chi connectivity index (χ3v) is 3.25. The second-order valence-corrected chi connectivity index (χ2v) is 5.01. The highest BCUT2D eigenvalue weighted by molar-refractivity contribution is 5.95. The van der Waals surface area contributed by atoms with Crippen LogP contribution < -0.4 is 15.8 Å². The van der Waals surface area contributed by atoms with Gasteiger partial charge in [-0.3, -0.25) is 4.79 Å². The van der Waals surface area contributed by atoms with Gasteiger partial charge in [-0.1, -0.05) is 12.8 Å². The first-order valence-corrected chi connectivity index (χ1v) is 6.34. The molecule has 1 aliphatic carbocycles. The highest BCUT2D eigenvalue weighted by Crippen LogP contribution is 2.33. The summed E-state index contributed by atoms with van der Waals surface area (Å²) in [6.45, 7) is 2.04. The zero-order valence-corrected chi connectivity index (χ0v) is 10.9. The number of carbonyl (C=O) groups is 1. The maximum atomic E-state index is 12.0. The first-order chi connectivity index (χ1) is 8.60. The molecule has 2 rings (SSSR count). The van der Waals surface area contributed by atoms with Gasteiger partial charge in [-0.2, -0.15) is 0 Å². The molecule has 4 heteroatoms. The predicted octanol–water partition coefficient (Wildman–Crippen LogP) is 2.20.